The Kier molecular flexibility index (Phi) is 8.61. The van der Waals surface area contributed by atoms with Crippen LogP contribution in [0.25, 0.3) is 0 Å². The molecule has 0 atom stereocenters. The number of benzene rings is 2. The molecule has 1 N–H and O–H groups in total. The zero-order valence-corrected chi connectivity index (χ0v) is 18.2. The van der Waals surface area contributed by atoms with Gasteiger partial charge in [-0.15, -0.1) is 0 Å². The van der Waals surface area contributed by atoms with E-state index in [2.05, 4.69) is 5.32 Å². The van der Waals surface area contributed by atoms with Gasteiger partial charge in [0.2, 0.25) is 15.9 Å². The third kappa shape index (κ3) is 6.17. The molecule has 2 rings (SSSR count). The first-order chi connectivity index (χ1) is 14.3. The molecular weight excluding hydrogens is 411 g/mol. The van der Waals surface area contributed by atoms with Crippen LogP contribution in [-0.2, 0) is 14.8 Å². The van der Waals surface area contributed by atoms with Crippen molar-refractivity contribution in [1.82, 2.24) is 4.31 Å². The van der Waals surface area contributed by atoms with Crippen LogP contribution in [0.4, 0.5) is 10.1 Å². The van der Waals surface area contributed by atoms with E-state index >= 15 is 0 Å². The zero-order valence-electron chi connectivity index (χ0n) is 17.4. The minimum Gasteiger partial charge on any atom is -0.493 e. The van der Waals surface area contributed by atoms with Crippen molar-refractivity contribution in [3.05, 3.63) is 48.3 Å². The molecule has 0 radical (unpaired) electrons. The number of nitrogens with zero attached hydrogens (tertiary/aromatic N) is 1. The fraction of sp³-hybridized carbons (Fsp3) is 0.381. The van der Waals surface area contributed by atoms with Gasteiger partial charge in [0.05, 0.1) is 19.6 Å². The van der Waals surface area contributed by atoms with Crippen LogP contribution in [-0.4, -0.2) is 44.9 Å². The molecule has 2 aromatic rings. The summed E-state index contributed by atoms with van der Waals surface area (Å²) in [6, 6.07) is 10.0. The highest BCUT2D eigenvalue weighted by Gasteiger charge is 2.26. The highest BCUT2D eigenvalue weighted by Crippen LogP contribution is 2.30. The van der Waals surface area contributed by atoms with E-state index in [1.54, 1.807) is 26.8 Å². The molecule has 0 saturated heterocycles. The minimum atomic E-state index is -3.77. The maximum atomic E-state index is 13.0. The second kappa shape index (κ2) is 10.9. The second-order valence-electron chi connectivity index (χ2n) is 6.28. The van der Waals surface area contributed by atoms with Gasteiger partial charge in [0, 0.05) is 18.8 Å². The average molecular weight is 439 g/mol. The molecule has 0 heterocycles. The lowest BCUT2D eigenvalue weighted by Crippen LogP contribution is -2.31. The summed E-state index contributed by atoms with van der Waals surface area (Å²) >= 11 is 0. The minimum absolute atomic E-state index is 0.00779. The van der Waals surface area contributed by atoms with Crippen LogP contribution in [0.1, 0.15) is 27.2 Å². The van der Waals surface area contributed by atoms with Crippen LogP contribution in [0.5, 0.6) is 11.5 Å². The van der Waals surface area contributed by atoms with E-state index in [9.17, 15) is 17.6 Å². The summed E-state index contributed by atoms with van der Waals surface area (Å²) in [5.74, 6) is -0.0153. The van der Waals surface area contributed by atoms with Crippen LogP contribution >= 0.6 is 0 Å². The number of nitrogens with one attached hydrogen (secondary N) is 1. The largest absolute Gasteiger partial charge is 0.493 e. The van der Waals surface area contributed by atoms with Crippen LogP contribution in [0, 0.1) is 5.82 Å². The number of amides is 1. The van der Waals surface area contributed by atoms with Crippen LogP contribution in [0.15, 0.2) is 47.4 Å². The molecule has 30 heavy (non-hydrogen) atoms. The molecule has 1 amide bonds. The van der Waals surface area contributed by atoms with Gasteiger partial charge in [-0.25, -0.2) is 12.8 Å². The van der Waals surface area contributed by atoms with Crippen molar-refractivity contribution in [2.75, 3.05) is 31.6 Å². The number of carbonyl (C=O) groups is 1. The van der Waals surface area contributed by atoms with Crippen LogP contribution in [0.3, 0.4) is 0 Å². The first-order valence-electron chi connectivity index (χ1n) is 9.77. The van der Waals surface area contributed by atoms with E-state index in [0.717, 1.165) is 0 Å². The van der Waals surface area contributed by atoms with Crippen LogP contribution < -0.4 is 14.8 Å². The predicted molar refractivity (Wildman–Crippen MR) is 113 cm³/mol. The van der Waals surface area contributed by atoms with Gasteiger partial charge < -0.3 is 14.8 Å². The Bertz CT molecular complexity index is 944. The summed E-state index contributed by atoms with van der Waals surface area (Å²) in [5, 5.41) is 2.68. The number of halogens is 1. The highest BCUT2D eigenvalue weighted by atomic mass is 32.2. The molecule has 0 aromatic heterocycles. The SMILES string of the molecule is CCOc1ccc(NC(=O)CCOc2ccc(F)cc2)cc1S(=O)(=O)N(CC)CC. The smallest absolute Gasteiger partial charge is 0.246 e. The summed E-state index contributed by atoms with van der Waals surface area (Å²) in [6.07, 6.45) is 0.0444. The van der Waals surface area contributed by atoms with Crippen molar-refractivity contribution in [1.29, 1.82) is 0 Å². The number of ether oxygens (including phenoxy) is 2. The van der Waals surface area contributed by atoms with E-state index < -0.39 is 10.0 Å². The van der Waals surface area contributed by atoms with E-state index in [1.165, 1.54) is 40.7 Å². The van der Waals surface area contributed by atoms with Crippen molar-refractivity contribution < 1.29 is 27.1 Å². The van der Waals surface area contributed by atoms with Gasteiger partial charge in [-0.3, -0.25) is 4.79 Å². The molecule has 164 valence electrons. The Morgan fingerprint density at radius 3 is 2.30 bits per heavy atom. The summed E-state index contributed by atoms with van der Waals surface area (Å²) in [5.41, 5.74) is 0.343. The normalized spacial score (nSPS) is 11.4. The predicted octanol–water partition coefficient (Wildman–Crippen LogP) is 3.66. The van der Waals surface area contributed by atoms with Gasteiger partial charge in [0.15, 0.2) is 0 Å². The molecule has 0 spiro atoms. The lowest BCUT2D eigenvalue weighted by atomic mass is 10.3. The van der Waals surface area contributed by atoms with Gasteiger partial charge in [-0.05, 0) is 49.4 Å². The molecule has 2 aromatic carbocycles. The van der Waals surface area contributed by atoms with Crippen molar-refractivity contribution in [2.45, 2.75) is 32.1 Å². The molecule has 0 saturated carbocycles. The van der Waals surface area contributed by atoms with E-state index in [0.29, 0.717) is 31.1 Å². The number of rotatable bonds is 11. The summed E-state index contributed by atoms with van der Waals surface area (Å²) in [6.45, 7) is 6.34. The Morgan fingerprint density at radius 1 is 1.03 bits per heavy atom. The maximum absolute atomic E-state index is 13.0. The van der Waals surface area contributed by atoms with Crippen LogP contribution in [0.2, 0.25) is 0 Å². The molecule has 0 aliphatic rings. The maximum Gasteiger partial charge on any atom is 0.246 e. The first kappa shape index (κ1) is 23.6. The lowest BCUT2D eigenvalue weighted by Gasteiger charge is -2.21. The summed E-state index contributed by atoms with van der Waals surface area (Å²) in [4.78, 5) is 12.2. The molecule has 0 aliphatic heterocycles. The lowest BCUT2D eigenvalue weighted by molar-refractivity contribution is -0.116. The van der Waals surface area contributed by atoms with Gasteiger partial charge in [-0.1, -0.05) is 13.8 Å². The Hall–Kier alpha value is -2.65. The van der Waals surface area contributed by atoms with E-state index in [-0.39, 0.29) is 35.4 Å². The van der Waals surface area contributed by atoms with Crippen molar-refractivity contribution in [3.63, 3.8) is 0 Å². The molecule has 0 aliphatic carbocycles. The Balaban J connectivity index is 2.09. The van der Waals surface area contributed by atoms with Gasteiger partial charge in [0.1, 0.15) is 22.2 Å². The fourth-order valence-electron chi connectivity index (χ4n) is 2.78. The van der Waals surface area contributed by atoms with E-state index in [1.807, 2.05) is 0 Å². The fourth-order valence-corrected chi connectivity index (χ4v) is 4.40. The molecule has 7 nitrogen and oxygen atoms in total. The summed E-state index contributed by atoms with van der Waals surface area (Å²) in [7, 11) is -3.77. The van der Waals surface area contributed by atoms with Gasteiger partial charge in [-0.2, -0.15) is 4.31 Å². The van der Waals surface area contributed by atoms with Gasteiger partial charge >= 0.3 is 0 Å². The average Bonchev–Trinajstić information content (AvgIpc) is 2.71. The number of hydrogen-bond acceptors (Lipinski definition) is 5. The quantitative estimate of drug-likeness (QED) is 0.579. The number of anilines is 1. The van der Waals surface area contributed by atoms with Crippen molar-refractivity contribution in [2.24, 2.45) is 0 Å². The molecule has 9 heteroatoms. The first-order valence-corrected chi connectivity index (χ1v) is 11.2. The molecule has 0 unspecified atom stereocenters. The van der Waals surface area contributed by atoms with Crippen molar-refractivity contribution >= 4 is 21.6 Å². The second-order valence-corrected chi connectivity index (χ2v) is 8.19. The standard InChI is InChI=1S/C21H27FN2O5S/c1-4-24(5-2)30(26,27)20-15-17(9-12-19(20)28-6-3)23-21(25)13-14-29-18-10-7-16(22)8-11-18/h7-12,15H,4-6,13-14H2,1-3H3,(H,23,25). The van der Waals surface area contributed by atoms with E-state index in [4.69, 9.17) is 9.47 Å². The number of carbonyl (C=O) groups excluding carboxylic acids is 1. The van der Waals surface area contributed by atoms with Crippen molar-refractivity contribution in [3.8, 4) is 11.5 Å². The third-order valence-electron chi connectivity index (χ3n) is 4.26. The summed E-state index contributed by atoms with van der Waals surface area (Å²) < 4.78 is 51.0. The number of sulfonamides is 1. The Morgan fingerprint density at radius 2 is 1.70 bits per heavy atom. The monoisotopic (exact) mass is 438 g/mol. The van der Waals surface area contributed by atoms with Gasteiger partial charge in [0.25, 0.3) is 0 Å². The molecule has 0 bridgehead atoms. The number of hydrogen-bond donors (Lipinski definition) is 1. The zero-order chi connectivity index (χ0) is 22.1. The highest BCUT2D eigenvalue weighted by molar-refractivity contribution is 7.89. The molecular formula is C21H27FN2O5S. The molecule has 0 fully saturated rings. The topological polar surface area (TPSA) is 84.9 Å². The Labute approximate surface area is 176 Å². The third-order valence-corrected chi connectivity index (χ3v) is 6.33.